The lowest BCUT2D eigenvalue weighted by atomic mass is 9.92. The van der Waals surface area contributed by atoms with Gasteiger partial charge in [0, 0.05) is 35.0 Å². The van der Waals surface area contributed by atoms with E-state index in [0.717, 1.165) is 22.9 Å². The van der Waals surface area contributed by atoms with Crippen LogP contribution in [-0.4, -0.2) is 44.8 Å². The van der Waals surface area contributed by atoms with Gasteiger partial charge in [0.05, 0.1) is 6.04 Å². The highest BCUT2D eigenvalue weighted by molar-refractivity contribution is 7.98. The number of phosphoric acid groups is 1. The van der Waals surface area contributed by atoms with E-state index in [-0.39, 0.29) is 17.0 Å². The number of amides is 1. The Kier molecular flexibility index (Phi) is 6.29. The molecule has 41 heavy (non-hydrogen) atoms. The normalized spacial score (nSPS) is 24.4. The number of pyridine rings is 1. The maximum absolute atomic E-state index is 15.3. The summed E-state index contributed by atoms with van der Waals surface area (Å²) in [4.78, 5) is 47.7. The molecular formula is C27H24F2N3O7PS. The van der Waals surface area contributed by atoms with Gasteiger partial charge in [-0.05, 0) is 47.9 Å². The molecule has 0 spiro atoms. The zero-order valence-corrected chi connectivity index (χ0v) is 23.1. The van der Waals surface area contributed by atoms with Gasteiger partial charge < -0.3 is 19.4 Å². The maximum Gasteiger partial charge on any atom is 0.472 e. The summed E-state index contributed by atoms with van der Waals surface area (Å²) in [5.74, 6) is -1.85. The molecule has 3 aromatic rings. The first-order chi connectivity index (χ1) is 19.6. The number of piperidine rings is 1. The van der Waals surface area contributed by atoms with Gasteiger partial charge in [-0.2, -0.15) is 0 Å². The molecule has 10 nitrogen and oxygen atoms in total. The lowest BCUT2D eigenvalue weighted by Crippen LogP contribution is -2.64. The van der Waals surface area contributed by atoms with E-state index < -0.39 is 55.5 Å². The number of halogens is 2. The van der Waals surface area contributed by atoms with Gasteiger partial charge in [-0.15, -0.1) is 11.8 Å². The molecule has 0 radical (unpaired) electrons. The number of phosphoric ester groups is 1. The van der Waals surface area contributed by atoms with Gasteiger partial charge in [-0.3, -0.25) is 19.3 Å². The number of thioether (sulfide) groups is 1. The van der Waals surface area contributed by atoms with Crippen molar-refractivity contribution >= 4 is 25.5 Å². The molecule has 2 fully saturated rings. The molecule has 4 atom stereocenters. The van der Waals surface area contributed by atoms with Crippen molar-refractivity contribution in [3.63, 3.8) is 0 Å². The minimum atomic E-state index is -4.92. The van der Waals surface area contributed by atoms with Gasteiger partial charge in [-0.1, -0.05) is 24.3 Å². The van der Waals surface area contributed by atoms with E-state index in [1.807, 2.05) is 29.3 Å². The van der Waals surface area contributed by atoms with E-state index in [9.17, 15) is 18.5 Å². The van der Waals surface area contributed by atoms with Crippen molar-refractivity contribution in [2.75, 3.05) is 18.3 Å². The molecule has 1 saturated carbocycles. The van der Waals surface area contributed by atoms with Crippen molar-refractivity contribution in [2.24, 2.45) is 11.8 Å². The lowest BCUT2D eigenvalue weighted by molar-refractivity contribution is 0.0422. The number of hydrogen-bond acceptors (Lipinski definition) is 7. The second-order valence-corrected chi connectivity index (χ2v) is 12.8. The Bertz CT molecular complexity index is 1700. The van der Waals surface area contributed by atoms with E-state index in [1.54, 1.807) is 11.0 Å². The SMILES string of the molecule is O=C1c2c(OCOP(=O)(O)O)c(=O)ccn2N([C@@H]2c3ccccc3SCc3c2ccc(F)c3F)[C@@H]2CC3CC3CN12. The van der Waals surface area contributed by atoms with Crippen LogP contribution in [0, 0.1) is 23.5 Å². The molecule has 14 heteroatoms. The number of aromatic nitrogens is 1. The molecule has 3 aliphatic heterocycles. The molecular weight excluding hydrogens is 579 g/mol. The quantitative estimate of drug-likeness (QED) is 0.332. The van der Waals surface area contributed by atoms with Crippen LogP contribution < -0.4 is 15.2 Å². The Morgan fingerprint density at radius 1 is 1.02 bits per heavy atom. The zero-order valence-electron chi connectivity index (χ0n) is 21.4. The van der Waals surface area contributed by atoms with Crippen molar-refractivity contribution in [3.8, 4) is 5.75 Å². The molecule has 1 aromatic heterocycles. The third-order valence-corrected chi connectivity index (χ3v) is 9.79. The molecule has 1 amide bonds. The molecule has 4 aliphatic rings. The predicted octanol–water partition coefficient (Wildman–Crippen LogP) is 3.73. The first-order valence-corrected chi connectivity index (χ1v) is 15.5. The summed E-state index contributed by atoms with van der Waals surface area (Å²) in [6.07, 6.45) is 2.57. The Morgan fingerprint density at radius 3 is 2.63 bits per heavy atom. The van der Waals surface area contributed by atoms with Crippen LogP contribution in [0.3, 0.4) is 0 Å². The van der Waals surface area contributed by atoms with Crippen LogP contribution in [0.1, 0.15) is 46.1 Å². The minimum Gasteiger partial charge on any atom is -0.460 e. The standard InChI is InChI=1S/C27H24F2N3O7PS/c28-19-6-5-16-18(23(19)29)12-41-21-4-2-1-3-17(21)24(16)32-22-10-14-9-15(14)11-30(22)27(34)25-26(20(33)7-8-31(25)32)38-13-39-40(35,36)37/h1-8,14-15,22,24H,9-13H2,(H2,35,36,37)/t14?,15?,22-,24+/m1/s1. The van der Waals surface area contributed by atoms with Crippen LogP contribution in [-0.2, 0) is 14.8 Å². The van der Waals surface area contributed by atoms with Crippen LogP contribution >= 0.6 is 19.6 Å². The van der Waals surface area contributed by atoms with Crippen LogP contribution in [0.5, 0.6) is 5.75 Å². The lowest BCUT2D eigenvalue weighted by Gasteiger charge is -2.51. The number of hydrogen-bond donors (Lipinski definition) is 2. The molecule has 214 valence electrons. The van der Waals surface area contributed by atoms with Gasteiger partial charge >= 0.3 is 7.82 Å². The van der Waals surface area contributed by atoms with Crippen molar-refractivity contribution in [2.45, 2.75) is 35.7 Å². The third kappa shape index (κ3) is 4.47. The number of nitrogens with zero attached hydrogens (tertiary/aromatic N) is 3. The smallest absolute Gasteiger partial charge is 0.460 e. The van der Waals surface area contributed by atoms with Crippen molar-refractivity contribution in [1.82, 2.24) is 9.58 Å². The molecule has 1 saturated heterocycles. The van der Waals surface area contributed by atoms with Crippen LogP contribution in [0.25, 0.3) is 0 Å². The molecule has 2 N–H and O–H groups in total. The van der Waals surface area contributed by atoms with E-state index >= 15 is 4.39 Å². The highest BCUT2D eigenvalue weighted by atomic mass is 32.2. The summed E-state index contributed by atoms with van der Waals surface area (Å²) in [5, 5.41) is 1.92. The molecule has 2 aromatic carbocycles. The molecule has 7 rings (SSSR count). The van der Waals surface area contributed by atoms with E-state index in [2.05, 4.69) is 4.52 Å². The second kappa shape index (κ2) is 9.67. The minimum absolute atomic E-state index is 0.138. The maximum atomic E-state index is 15.3. The number of carbonyl (C=O) groups is 1. The van der Waals surface area contributed by atoms with Crippen LogP contribution in [0.15, 0.2) is 58.4 Å². The highest BCUT2D eigenvalue weighted by Crippen LogP contribution is 2.52. The largest absolute Gasteiger partial charge is 0.472 e. The summed E-state index contributed by atoms with van der Waals surface area (Å²) in [6.45, 7) is -0.520. The number of fused-ring (bicyclic) bond motifs is 5. The van der Waals surface area contributed by atoms with E-state index in [4.69, 9.17) is 14.5 Å². The second-order valence-electron chi connectivity index (χ2n) is 10.6. The fourth-order valence-electron chi connectivity index (χ4n) is 6.28. The predicted molar refractivity (Wildman–Crippen MR) is 143 cm³/mol. The van der Waals surface area contributed by atoms with Crippen molar-refractivity contribution < 1.29 is 37.2 Å². The topological polar surface area (TPSA) is 122 Å². The van der Waals surface area contributed by atoms with E-state index in [0.29, 0.717) is 30.4 Å². The first-order valence-electron chi connectivity index (χ1n) is 13.0. The Labute approximate surface area is 236 Å². The molecule has 1 aliphatic carbocycles. The van der Waals surface area contributed by atoms with Crippen molar-refractivity contribution in [1.29, 1.82) is 0 Å². The summed E-state index contributed by atoms with van der Waals surface area (Å²) in [5.41, 5.74) is 0.760. The monoisotopic (exact) mass is 603 g/mol. The van der Waals surface area contributed by atoms with Crippen molar-refractivity contribution in [3.05, 3.63) is 92.9 Å². The van der Waals surface area contributed by atoms with Gasteiger partial charge in [-0.25, -0.2) is 17.9 Å². The summed E-state index contributed by atoms with van der Waals surface area (Å²) < 4.78 is 52.3. The summed E-state index contributed by atoms with van der Waals surface area (Å²) >= 11 is 1.39. The van der Waals surface area contributed by atoms with Gasteiger partial charge in [0.15, 0.2) is 17.3 Å². The summed E-state index contributed by atoms with van der Waals surface area (Å²) in [7, 11) is -4.92. The average Bonchev–Trinajstić information content (AvgIpc) is 3.72. The highest BCUT2D eigenvalue weighted by Gasteiger charge is 2.54. The van der Waals surface area contributed by atoms with Gasteiger partial charge in [0.1, 0.15) is 6.17 Å². The van der Waals surface area contributed by atoms with Gasteiger partial charge in [0.2, 0.25) is 18.0 Å². The van der Waals surface area contributed by atoms with Crippen LogP contribution in [0.2, 0.25) is 0 Å². The zero-order chi connectivity index (χ0) is 28.6. The number of benzene rings is 2. The molecule has 0 bridgehead atoms. The average molecular weight is 604 g/mol. The number of ether oxygens (including phenoxy) is 1. The fourth-order valence-corrected chi connectivity index (χ4v) is 7.59. The Balaban J connectivity index is 1.45. The Hall–Kier alpha value is -3.22. The molecule has 4 heterocycles. The molecule has 2 unspecified atom stereocenters. The van der Waals surface area contributed by atoms with Gasteiger partial charge in [0.25, 0.3) is 5.91 Å². The first kappa shape index (κ1) is 26.7. The van der Waals surface area contributed by atoms with E-state index in [1.165, 1.54) is 28.7 Å². The summed E-state index contributed by atoms with van der Waals surface area (Å²) in [6, 6.07) is 10.7. The number of rotatable bonds is 5. The number of carbonyl (C=O) groups excluding carboxylic acids is 1. The third-order valence-electron chi connectivity index (χ3n) is 8.23. The van der Waals surface area contributed by atoms with Crippen LogP contribution in [0.4, 0.5) is 8.78 Å². The Morgan fingerprint density at radius 2 is 1.83 bits per heavy atom. The fraction of sp³-hybridized carbons (Fsp3) is 0.333.